The Morgan fingerprint density at radius 3 is 1.47 bits per heavy atom. The van der Waals surface area contributed by atoms with E-state index in [0.29, 0.717) is 0 Å². The van der Waals surface area contributed by atoms with Crippen molar-refractivity contribution in [3.8, 4) is 11.5 Å². The lowest BCUT2D eigenvalue weighted by Crippen LogP contribution is -2.39. The lowest BCUT2D eigenvalue weighted by Gasteiger charge is -2.48. The molecule has 2 aliphatic heterocycles. The molecule has 0 N–H and O–H groups in total. The molecule has 0 aliphatic carbocycles. The van der Waals surface area contributed by atoms with Crippen LogP contribution < -0.4 is 9.64 Å². The Bertz CT molecular complexity index is 2290. The van der Waals surface area contributed by atoms with Gasteiger partial charge in [-0.1, -0.05) is 135 Å². The molecule has 0 saturated carbocycles. The third-order valence-electron chi connectivity index (χ3n) is 9.65. The first-order chi connectivity index (χ1) is 22.3. The molecule has 2 heteroatoms. The summed E-state index contributed by atoms with van der Waals surface area (Å²) in [6.45, 7) is 4.00. The lowest BCUT2D eigenvalue weighted by molar-refractivity contribution is 0.434. The zero-order chi connectivity index (χ0) is 30.1. The highest BCUT2D eigenvalue weighted by molar-refractivity contribution is 6.26. The number of nitrogens with zero attached hydrogens (tertiary/aromatic N) is 1. The second-order valence-corrected chi connectivity index (χ2v) is 11.7. The fraction of sp³-hybridized carbons (Fsp3) is 0.0698. The van der Waals surface area contributed by atoms with Crippen LogP contribution in [0.25, 0.3) is 32.3 Å². The standard InChI is InChI=1S/C41H25NO.C2H6/c1-5-16-35-30(12-1)41(32-14-3-7-18-37(32)43-38-19-8-4-15-33(38)41)31-13-2-6-17-36(31)42(35)34-25-23-28-21-20-26-10-9-11-27-22-24-29(34)40(28)39(26)27;1-2/h1-25H;1-2H3. The molecular formula is C43H31NO. The predicted molar refractivity (Wildman–Crippen MR) is 188 cm³/mol. The Labute approximate surface area is 263 Å². The molecule has 10 rings (SSSR count). The highest BCUT2D eigenvalue weighted by Gasteiger charge is 2.51. The van der Waals surface area contributed by atoms with Gasteiger partial charge < -0.3 is 9.64 Å². The summed E-state index contributed by atoms with van der Waals surface area (Å²) < 4.78 is 6.56. The van der Waals surface area contributed by atoms with E-state index in [4.69, 9.17) is 4.74 Å². The summed E-state index contributed by atoms with van der Waals surface area (Å²) in [5.74, 6) is 1.81. The van der Waals surface area contributed by atoms with Crippen LogP contribution >= 0.6 is 0 Å². The molecule has 2 aliphatic rings. The average Bonchev–Trinajstić information content (AvgIpc) is 3.12. The van der Waals surface area contributed by atoms with Crippen molar-refractivity contribution in [3.63, 3.8) is 0 Å². The van der Waals surface area contributed by atoms with Gasteiger partial charge in [0.05, 0.1) is 22.5 Å². The highest BCUT2D eigenvalue weighted by Crippen LogP contribution is 2.63. The number of hydrogen-bond donors (Lipinski definition) is 0. The van der Waals surface area contributed by atoms with Crippen molar-refractivity contribution in [1.29, 1.82) is 0 Å². The van der Waals surface area contributed by atoms with Gasteiger partial charge in [0, 0.05) is 16.5 Å². The molecule has 0 fully saturated rings. The molecule has 214 valence electrons. The van der Waals surface area contributed by atoms with Gasteiger partial charge in [-0.3, -0.25) is 0 Å². The minimum absolute atomic E-state index is 0.529. The van der Waals surface area contributed by atoms with Crippen LogP contribution in [-0.4, -0.2) is 0 Å². The maximum Gasteiger partial charge on any atom is 0.132 e. The Balaban J connectivity index is 0.00000138. The van der Waals surface area contributed by atoms with E-state index in [1.807, 2.05) is 13.8 Å². The van der Waals surface area contributed by atoms with Crippen molar-refractivity contribution in [1.82, 2.24) is 0 Å². The van der Waals surface area contributed by atoms with Crippen molar-refractivity contribution >= 4 is 49.4 Å². The SMILES string of the molecule is CC.c1ccc2c(c1)Oc1ccccc1C21c2ccccc2N(c2ccc3ccc4cccc5ccc2c3c45)c2ccccc21. The highest BCUT2D eigenvalue weighted by atomic mass is 16.5. The van der Waals surface area contributed by atoms with Gasteiger partial charge in [0.25, 0.3) is 0 Å². The van der Waals surface area contributed by atoms with Crippen molar-refractivity contribution in [2.45, 2.75) is 19.3 Å². The van der Waals surface area contributed by atoms with E-state index >= 15 is 0 Å². The number of benzene rings is 8. The van der Waals surface area contributed by atoms with Gasteiger partial charge in [0.2, 0.25) is 0 Å². The van der Waals surface area contributed by atoms with Crippen LogP contribution in [0.3, 0.4) is 0 Å². The van der Waals surface area contributed by atoms with Gasteiger partial charge >= 0.3 is 0 Å². The number of ether oxygens (including phenoxy) is 1. The maximum atomic E-state index is 6.56. The van der Waals surface area contributed by atoms with Crippen molar-refractivity contribution in [3.05, 3.63) is 174 Å². The Morgan fingerprint density at radius 1 is 0.400 bits per heavy atom. The zero-order valence-electron chi connectivity index (χ0n) is 25.3. The van der Waals surface area contributed by atoms with Gasteiger partial charge in [-0.15, -0.1) is 0 Å². The fourth-order valence-electron chi connectivity index (χ4n) is 8.00. The molecule has 0 amide bonds. The van der Waals surface area contributed by atoms with E-state index in [2.05, 4.69) is 157 Å². The fourth-order valence-corrected chi connectivity index (χ4v) is 8.00. The summed E-state index contributed by atoms with van der Waals surface area (Å²) in [6.07, 6.45) is 0. The van der Waals surface area contributed by atoms with E-state index in [1.54, 1.807) is 0 Å². The molecule has 1 spiro atoms. The Kier molecular flexibility index (Phi) is 5.58. The third kappa shape index (κ3) is 3.34. The van der Waals surface area contributed by atoms with Crippen molar-refractivity contribution in [2.75, 3.05) is 4.90 Å². The summed E-state index contributed by atoms with van der Waals surface area (Å²) in [6, 6.07) is 55.3. The number of anilines is 3. The van der Waals surface area contributed by atoms with E-state index in [-0.39, 0.29) is 0 Å². The van der Waals surface area contributed by atoms with E-state index in [0.717, 1.165) is 11.5 Å². The third-order valence-corrected chi connectivity index (χ3v) is 9.65. The molecule has 8 aromatic carbocycles. The van der Waals surface area contributed by atoms with Crippen LogP contribution in [0.4, 0.5) is 17.1 Å². The van der Waals surface area contributed by atoms with Gasteiger partial charge in [-0.2, -0.15) is 0 Å². The van der Waals surface area contributed by atoms with Gasteiger partial charge in [0.1, 0.15) is 11.5 Å². The smallest absolute Gasteiger partial charge is 0.132 e. The molecule has 0 aromatic heterocycles. The Hall–Kier alpha value is -5.60. The monoisotopic (exact) mass is 577 g/mol. The number of rotatable bonds is 1. The first kappa shape index (κ1) is 25.9. The summed E-state index contributed by atoms with van der Waals surface area (Å²) in [7, 11) is 0. The van der Waals surface area contributed by atoms with Gasteiger partial charge in [0.15, 0.2) is 0 Å². The summed E-state index contributed by atoms with van der Waals surface area (Å²) >= 11 is 0. The van der Waals surface area contributed by atoms with Crippen LogP contribution in [0.2, 0.25) is 0 Å². The quantitative estimate of drug-likeness (QED) is 0.180. The zero-order valence-corrected chi connectivity index (χ0v) is 25.3. The molecular weight excluding hydrogens is 546 g/mol. The lowest BCUT2D eigenvalue weighted by atomic mass is 9.61. The molecule has 45 heavy (non-hydrogen) atoms. The molecule has 0 radical (unpaired) electrons. The van der Waals surface area contributed by atoms with Gasteiger partial charge in [-0.05, 0) is 68.4 Å². The van der Waals surface area contributed by atoms with Crippen LogP contribution in [0.15, 0.2) is 152 Å². The summed E-state index contributed by atoms with van der Waals surface area (Å²) in [4.78, 5) is 2.49. The maximum absolute atomic E-state index is 6.56. The summed E-state index contributed by atoms with van der Waals surface area (Å²) in [5, 5.41) is 7.75. The van der Waals surface area contributed by atoms with E-state index in [9.17, 15) is 0 Å². The topological polar surface area (TPSA) is 12.5 Å². The first-order valence-electron chi connectivity index (χ1n) is 15.9. The van der Waals surface area contributed by atoms with Crippen LogP contribution in [0.5, 0.6) is 11.5 Å². The first-order valence-corrected chi connectivity index (χ1v) is 15.9. The molecule has 8 aromatic rings. The normalized spacial score (nSPS) is 13.9. The average molecular weight is 578 g/mol. The minimum Gasteiger partial charge on any atom is -0.457 e. The van der Waals surface area contributed by atoms with E-state index < -0.39 is 5.41 Å². The van der Waals surface area contributed by atoms with E-state index in [1.165, 1.54) is 71.6 Å². The predicted octanol–water partition coefficient (Wildman–Crippen LogP) is 11.9. The number of hydrogen-bond acceptors (Lipinski definition) is 2. The molecule has 2 heterocycles. The van der Waals surface area contributed by atoms with Crippen LogP contribution in [-0.2, 0) is 5.41 Å². The minimum atomic E-state index is -0.529. The van der Waals surface area contributed by atoms with Crippen molar-refractivity contribution < 1.29 is 4.74 Å². The number of fused-ring (bicyclic) bond motifs is 8. The molecule has 0 bridgehead atoms. The molecule has 2 nitrogen and oxygen atoms in total. The number of para-hydroxylation sites is 4. The molecule has 0 atom stereocenters. The second kappa shape index (κ2) is 9.70. The second-order valence-electron chi connectivity index (χ2n) is 11.7. The van der Waals surface area contributed by atoms with Crippen molar-refractivity contribution in [2.24, 2.45) is 0 Å². The Morgan fingerprint density at radius 2 is 0.867 bits per heavy atom. The molecule has 0 unspecified atom stereocenters. The largest absolute Gasteiger partial charge is 0.457 e. The molecule has 0 saturated heterocycles. The van der Waals surface area contributed by atoms with Crippen LogP contribution in [0.1, 0.15) is 36.1 Å². The summed E-state index contributed by atoms with van der Waals surface area (Å²) in [5.41, 5.74) is 7.87. The van der Waals surface area contributed by atoms with Gasteiger partial charge in [-0.25, -0.2) is 0 Å². The van der Waals surface area contributed by atoms with Crippen LogP contribution in [0, 0.1) is 0 Å².